The van der Waals surface area contributed by atoms with Gasteiger partial charge in [-0.3, -0.25) is 4.79 Å². The summed E-state index contributed by atoms with van der Waals surface area (Å²) in [5.41, 5.74) is 5.41. The fourth-order valence-corrected chi connectivity index (χ4v) is 0.749. The number of carbonyl (C=O) groups is 1. The van der Waals surface area contributed by atoms with Gasteiger partial charge in [0.25, 0.3) is 11.9 Å². The average molecular weight is 159 g/mol. The third-order valence-corrected chi connectivity index (χ3v) is 1.27. The molecule has 4 nitrogen and oxygen atoms in total. The van der Waals surface area contributed by atoms with Crippen molar-refractivity contribution >= 4 is 5.91 Å². The highest BCUT2D eigenvalue weighted by molar-refractivity contribution is 5.92. The number of hydrogen-bond donors (Lipinski definition) is 1. The van der Waals surface area contributed by atoms with E-state index in [0.29, 0.717) is 12.0 Å². The summed E-state index contributed by atoms with van der Waals surface area (Å²) in [6.45, 7) is 1.80. The van der Waals surface area contributed by atoms with Gasteiger partial charge in [-0.2, -0.15) is 0 Å². The van der Waals surface area contributed by atoms with E-state index in [2.05, 4.69) is 0 Å². The molecule has 0 saturated heterocycles. The lowest BCUT2D eigenvalue weighted by Crippen LogP contribution is -2.16. The van der Waals surface area contributed by atoms with Gasteiger partial charge in [-0.05, 0) is 6.42 Å². The van der Waals surface area contributed by atoms with E-state index in [4.69, 9.17) is 15.2 Å². The Morgan fingerprint density at radius 3 is 1.91 bits per heavy atom. The minimum atomic E-state index is -0.508. The maximum atomic E-state index is 10.7. The van der Waals surface area contributed by atoms with E-state index < -0.39 is 5.91 Å². The van der Waals surface area contributed by atoms with Gasteiger partial charge < -0.3 is 15.2 Å². The summed E-state index contributed by atoms with van der Waals surface area (Å²) < 4.78 is 9.54. The number of amides is 1. The minimum absolute atomic E-state index is 0.194. The van der Waals surface area contributed by atoms with Gasteiger partial charge in [0.2, 0.25) is 0 Å². The van der Waals surface area contributed by atoms with Crippen molar-refractivity contribution < 1.29 is 14.3 Å². The van der Waals surface area contributed by atoms with Crippen LogP contribution in [0.4, 0.5) is 0 Å². The predicted octanol–water partition coefficient (Wildman–Crippen LogP) is 0.386. The van der Waals surface area contributed by atoms with E-state index in [1.807, 2.05) is 0 Å². The van der Waals surface area contributed by atoms with Crippen LogP contribution in [0.25, 0.3) is 0 Å². The smallest absolute Gasteiger partial charge is 0.287 e. The Labute approximate surface area is 66.0 Å². The van der Waals surface area contributed by atoms with Crippen molar-refractivity contribution in [3.63, 3.8) is 0 Å². The van der Waals surface area contributed by atoms with E-state index >= 15 is 0 Å². The number of nitrogens with two attached hydrogens (primary N) is 1. The topological polar surface area (TPSA) is 61.6 Å². The van der Waals surface area contributed by atoms with Crippen molar-refractivity contribution in [2.45, 2.75) is 13.3 Å². The minimum Gasteiger partial charge on any atom is -0.468 e. The van der Waals surface area contributed by atoms with Crippen LogP contribution in [0.5, 0.6) is 0 Å². The molecule has 11 heavy (non-hydrogen) atoms. The lowest BCUT2D eigenvalue weighted by molar-refractivity contribution is -0.115. The molecule has 0 bridgehead atoms. The summed E-state index contributed by atoms with van der Waals surface area (Å²) in [4.78, 5) is 10.7. The summed E-state index contributed by atoms with van der Waals surface area (Å²) in [5.74, 6) is -0.314. The van der Waals surface area contributed by atoms with Gasteiger partial charge in [-0.1, -0.05) is 6.92 Å². The molecule has 0 saturated carbocycles. The summed E-state index contributed by atoms with van der Waals surface area (Å²) in [6.07, 6.45) is 0.506. The molecule has 0 radical (unpaired) electrons. The van der Waals surface area contributed by atoms with Gasteiger partial charge in [-0.25, -0.2) is 0 Å². The predicted molar refractivity (Wildman–Crippen MR) is 40.5 cm³/mol. The van der Waals surface area contributed by atoms with Crippen LogP contribution in [0, 0.1) is 0 Å². The maximum absolute atomic E-state index is 10.7. The average Bonchev–Trinajstić information content (AvgIpc) is 1.99. The Hall–Kier alpha value is -1.19. The first-order valence-corrected chi connectivity index (χ1v) is 3.28. The zero-order valence-corrected chi connectivity index (χ0v) is 7.01. The number of hydrogen-bond acceptors (Lipinski definition) is 3. The summed E-state index contributed by atoms with van der Waals surface area (Å²) in [7, 11) is 2.86. The lowest BCUT2D eigenvalue weighted by atomic mass is 10.2. The van der Waals surface area contributed by atoms with Gasteiger partial charge >= 0.3 is 0 Å². The van der Waals surface area contributed by atoms with Gasteiger partial charge in [0, 0.05) is 0 Å². The van der Waals surface area contributed by atoms with E-state index in [1.54, 1.807) is 6.92 Å². The molecule has 2 N–H and O–H groups in total. The Morgan fingerprint density at radius 1 is 1.36 bits per heavy atom. The number of carbonyl (C=O) groups excluding carboxylic acids is 1. The summed E-state index contributed by atoms with van der Waals surface area (Å²) >= 11 is 0. The molecule has 0 aromatic carbocycles. The lowest BCUT2D eigenvalue weighted by Gasteiger charge is -2.07. The van der Waals surface area contributed by atoms with Crippen LogP contribution in [0.15, 0.2) is 11.5 Å². The van der Waals surface area contributed by atoms with E-state index in [1.165, 1.54) is 14.2 Å². The number of methoxy groups -OCH3 is 2. The van der Waals surface area contributed by atoms with Crippen LogP contribution < -0.4 is 5.73 Å². The molecule has 0 aliphatic heterocycles. The molecule has 0 unspecified atom stereocenters. The van der Waals surface area contributed by atoms with E-state index in [-0.39, 0.29) is 5.95 Å². The second-order valence-electron chi connectivity index (χ2n) is 1.89. The molecule has 0 aliphatic rings. The van der Waals surface area contributed by atoms with Crippen LogP contribution in [-0.2, 0) is 14.3 Å². The molecule has 64 valence electrons. The van der Waals surface area contributed by atoms with Gasteiger partial charge in [0.1, 0.15) is 0 Å². The molecular weight excluding hydrogens is 146 g/mol. The van der Waals surface area contributed by atoms with Crippen molar-refractivity contribution in [3.05, 3.63) is 11.5 Å². The molecule has 0 aromatic rings. The molecule has 1 amide bonds. The Bertz CT molecular complexity index is 169. The van der Waals surface area contributed by atoms with Crippen LogP contribution in [0.2, 0.25) is 0 Å². The monoisotopic (exact) mass is 159 g/mol. The standard InChI is InChI=1S/C7H13NO3/c1-4-5(6(8)9)7(10-2)11-3/h4H2,1-3H3,(H2,8,9). The highest BCUT2D eigenvalue weighted by Crippen LogP contribution is 2.08. The third-order valence-electron chi connectivity index (χ3n) is 1.27. The molecular formula is C7H13NO3. The SMILES string of the molecule is CCC(C(N)=O)=C(OC)OC. The number of rotatable bonds is 4. The molecule has 4 heteroatoms. The highest BCUT2D eigenvalue weighted by Gasteiger charge is 2.11. The van der Waals surface area contributed by atoms with Crippen LogP contribution in [-0.4, -0.2) is 20.1 Å². The zero-order valence-electron chi connectivity index (χ0n) is 7.01. The van der Waals surface area contributed by atoms with Crippen molar-refractivity contribution in [1.29, 1.82) is 0 Å². The molecule has 0 atom stereocenters. The molecule has 0 spiro atoms. The molecule has 0 rings (SSSR count). The van der Waals surface area contributed by atoms with Crippen molar-refractivity contribution in [2.75, 3.05) is 14.2 Å². The molecule has 0 aromatic heterocycles. The Kier molecular flexibility index (Phi) is 4.10. The Balaban J connectivity index is 4.62. The van der Waals surface area contributed by atoms with E-state index in [9.17, 15) is 4.79 Å². The van der Waals surface area contributed by atoms with Gasteiger partial charge in [-0.15, -0.1) is 0 Å². The third kappa shape index (κ3) is 2.49. The molecule has 0 aliphatic carbocycles. The van der Waals surface area contributed by atoms with Gasteiger partial charge in [0.05, 0.1) is 19.8 Å². The van der Waals surface area contributed by atoms with Crippen LogP contribution >= 0.6 is 0 Å². The van der Waals surface area contributed by atoms with Crippen molar-refractivity contribution in [2.24, 2.45) is 5.73 Å². The van der Waals surface area contributed by atoms with Crippen molar-refractivity contribution in [3.8, 4) is 0 Å². The first-order valence-electron chi connectivity index (χ1n) is 3.28. The number of primary amides is 1. The fourth-order valence-electron chi connectivity index (χ4n) is 0.749. The second-order valence-corrected chi connectivity index (χ2v) is 1.89. The Morgan fingerprint density at radius 2 is 1.82 bits per heavy atom. The first-order chi connectivity index (χ1) is 5.17. The summed E-state index contributed by atoms with van der Waals surface area (Å²) in [5, 5.41) is 0. The maximum Gasteiger partial charge on any atom is 0.287 e. The number of ether oxygens (including phenoxy) is 2. The largest absolute Gasteiger partial charge is 0.468 e. The highest BCUT2D eigenvalue weighted by atomic mass is 16.7. The van der Waals surface area contributed by atoms with E-state index in [0.717, 1.165) is 0 Å². The normalized spacial score (nSPS) is 8.64. The molecule has 0 heterocycles. The first kappa shape index (κ1) is 9.81. The second kappa shape index (κ2) is 4.60. The zero-order chi connectivity index (χ0) is 8.85. The quantitative estimate of drug-likeness (QED) is 0.476. The van der Waals surface area contributed by atoms with Crippen molar-refractivity contribution in [1.82, 2.24) is 0 Å². The molecule has 0 fully saturated rings. The van der Waals surface area contributed by atoms with Crippen LogP contribution in [0.1, 0.15) is 13.3 Å². The fraction of sp³-hybridized carbons (Fsp3) is 0.571. The van der Waals surface area contributed by atoms with Crippen LogP contribution in [0.3, 0.4) is 0 Å². The summed E-state index contributed by atoms with van der Waals surface area (Å²) in [6, 6.07) is 0. The van der Waals surface area contributed by atoms with Gasteiger partial charge in [0.15, 0.2) is 0 Å².